The molecular formula is C64H71FN3O14P. The first-order valence-electron chi connectivity index (χ1n) is 27.7. The highest BCUT2D eigenvalue weighted by Crippen LogP contribution is 2.51. The summed E-state index contributed by atoms with van der Waals surface area (Å²) in [7, 11) is -4.23. The molecule has 0 fully saturated rings. The molecule has 6 rings (SSSR count). The molecular weight excluding hydrogens is 1080 g/mol. The van der Waals surface area contributed by atoms with Crippen molar-refractivity contribution in [3.8, 4) is 0 Å². The zero-order valence-corrected chi connectivity index (χ0v) is 47.2. The lowest BCUT2D eigenvalue weighted by molar-refractivity contribution is -0.152. The largest absolute Gasteiger partial charge is 0.461 e. The summed E-state index contributed by atoms with van der Waals surface area (Å²) in [5, 5.41) is 5.48. The SMILES string of the molecule is O=C(CCCCCNC(=O)c1ccc(F)nc1)C[C@@H](CCC(=O)N[C@@H](CCCOP(=O)(C[C@@H](CCC(=O)OCc1ccccc1)C(=O)OCc1ccccc1)OCc1ccccc1)C(=O)OCc1ccccc1)C(=O)OCc1ccccc1. The molecule has 2 amide bonds. The second-order valence-corrected chi connectivity index (χ2v) is 21.8. The van der Waals surface area contributed by atoms with Crippen molar-refractivity contribution >= 4 is 49.1 Å². The van der Waals surface area contributed by atoms with Gasteiger partial charge in [-0.3, -0.25) is 33.3 Å². The molecule has 0 saturated heterocycles. The first kappa shape index (κ1) is 64.0. The lowest BCUT2D eigenvalue weighted by Crippen LogP contribution is -2.42. The number of Topliss-reactive ketones (excluding diaryl/α,β-unsaturated/α-hetero) is 1. The van der Waals surface area contributed by atoms with Gasteiger partial charge < -0.3 is 38.6 Å². The lowest BCUT2D eigenvalue weighted by Gasteiger charge is -2.24. The maximum Gasteiger partial charge on any atom is 0.331 e. The molecule has 0 spiro atoms. The second-order valence-electron chi connectivity index (χ2n) is 19.7. The Morgan fingerprint density at radius 1 is 0.494 bits per heavy atom. The number of benzene rings is 5. The van der Waals surface area contributed by atoms with Crippen LogP contribution in [-0.2, 0) is 94.4 Å². The van der Waals surface area contributed by atoms with E-state index in [2.05, 4.69) is 15.6 Å². The van der Waals surface area contributed by atoms with Crippen LogP contribution in [0.1, 0.15) is 109 Å². The molecule has 0 bridgehead atoms. The maximum atomic E-state index is 14.9. The standard InChI is InChI=1S/C64H71FN3O14P/c65-58-35-32-54(41-67-58)61(72)66-38-18-6-17-30-56(69)40-53(62(73)78-43-49-22-9-2-10-23-49)33-36-59(70)68-57(64(75)80-45-51-26-13-4-14-27-51)31-19-39-81-83(76,82-46-52-28-15-5-16-29-52)47-55(63(74)79-44-50-24-11-3-12-25-50)34-37-60(71)77-42-48-20-7-1-8-21-48/h1-5,7-16,20-29,32,35,41,53,55,57H,6,17-19,30-31,33-34,36-40,42-47H2,(H,66,72)(H,68,70)/t53-,55-,57+,83?/m1/s1. The van der Waals surface area contributed by atoms with Crippen LogP contribution in [0.3, 0.4) is 0 Å². The van der Waals surface area contributed by atoms with Crippen molar-refractivity contribution in [1.82, 2.24) is 15.6 Å². The summed E-state index contributed by atoms with van der Waals surface area (Å²) >= 11 is 0. The monoisotopic (exact) mass is 1160 g/mol. The van der Waals surface area contributed by atoms with Gasteiger partial charge in [0, 0.05) is 38.4 Å². The van der Waals surface area contributed by atoms with E-state index in [9.17, 15) is 42.5 Å². The van der Waals surface area contributed by atoms with Crippen molar-refractivity contribution in [3.05, 3.63) is 209 Å². The fourth-order valence-corrected chi connectivity index (χ4v) is 10.4. The van der Waals surface area contributed by atoms with Crippen LogP contribution < -0.4 is 10.6 Å². The van der Waals surface area contributed by atoms with Gasteiger partial charge in [-0.25, -0.2) is 9.78 Å². The summed E-state index contributed by atoms with van der Waals surface area (Å²) in [4.78, 5) is 97.4. The molecule has 0 radical (unpaired) electrons. The second kappa shape index (κ2) is 35.6. The van der Waals surface area contributed by atoms with Crippen molar-refractivity contribution in [2.24, 2.45) is 11.8 Å². The highest BCUT2D eigenvalue weighted by atomic mass is 31.2. The summed E-state index contributed by atoms with van der Waals surface area (Å²) < 4.78 is 62.7. The topological polar surface area (TPSA) is 229 Å². The Morgan fingerprint density at radius 3 is 1.52 bits per heavy atom. The van der Waals surface area contributed by atoms with Gasteiger partial charge in [-0.15, -0.1) is 0 Å². The quantitative estimate of drug-likeness (QED) is 0.0121. The minimum atomic E-state index is -4.23. The molecule has 83 heavy (non-hydrogen) atoms. The van der Waals surface area contributed by atoms with E-state index in [-0.39, 0.29) is 102 Å². The van der Waals surface area contributed by atoms with Gasteiger partial charge in [0.25, 0.3) is 5.91 Å². The average molecular weight is 1160 g/mol. The number of unbranched alkanes of at least 4 members (excludes halogenated alkanes) is 2. The van der Waals surface area contributed by atoms with Gasteiger partial charge in [0.05, 0.1) is 36.8 Å². The van der Waals surface area contributed by atoms with E-state index in [1.54, 1.807) is 97.1 Å². The molecule has 4 atom stereocenters. The number of pyridine rings is 1. The van der Waals surface area contributed by atoms with Crippen LogP contribution in [0.15, 0.2) is 170 Å². The predicted octanol–water partition coefficient (Wildman–Crippen LogP) is 10.9. The third-order valence-corrected chi connectivity index (χ3v) is 15.1. The van der Waals surface area contributed by atoms with Gasteiger partial charge in [0.1, 0.15) is 38.3 Å². The zero-order valence-electron chi connectivity index (χ0n) is 46.3. The smallest absolute Gasteiger partial charge is 0.331 e. The van der Waals surface area contributed by atoms with Crippen LogP contribution in [0.25, 0.3) is 0 Å². The fourth-order valence-electron chi connectivity index (χ4n) is 8.50. The number of carbonyl (C=O) groups excluding carboxylic acids is 7. The number of hydrogen-bond acceptors (Lipinski definition) is 15. The molecule has 2 N–H and O–H groups in total. The lowest BCUT2D eigenvalue weighted by atomic mass is 9.94. The number of halogens is 1. The molecule has 0 aliphatic carbocycles. The molecule has 1 unspecified atom stereocenters. The summed E-state index contributed by atoms with van der Waals surface area (Å²) in [6.45, 7) is -0.326. The Kier molecular flexibility index (Phi) is 27.5. The number of hydrogen-bond donors (Lipinski definition) is 2. The van der Waals surface area contributed by atoms with E-state index in [0.29, 0.717) is 42.5 Å². The Bertz CT molecular complexity index is 3000. The van der Waals surface area contributed by atoms with Gasteiger partial charge >= 0.3 is 31.5 Å². The molecule has 0 aliphatic rings. The number of amides is 2. The van der Waals surface area contributed by atoms with Gasteiger partial charge in [0.15, 0.2) is 0 Å². The summed E-state index contributed by atoms with van der Waals surface area (Å²) in [5.41, 5.74) is 3.80. The Hall–Kier alpha value is -8.18. The highest BCUT2D eigenvalue weighted by Gasteiger charge is 2.35. The number of nitrogens with zero attached hydrogens (tertiary/aromatic N) is 1. The van der Waals surface area contributed by atoms with E-state index in [1.165, 1.54) is 6.07 Å². The normalized spacial score (nSPS) is 12.8. The summed E-state index contributed by atoms with van der Waals surface area (Å²) in [6.07, 6.45) is 1.51. The molecule has 438 valence electrons. The van der Waals surface area contributed by atoms with Crippen molar-refractivity contribution in [2.45, 2.75) is 110 Å². The fraction of sp³-hybridized carbons (Fsp3) is 0.344. The van der Waals surface area contributed by atoms with Crippen molar-refractivity contribution < 1.29 is 70.5 Å². The van der Waals surface area contributed by atoms with Crippen LogP contribution in [-0.4, -0.2) is 71.8 Å². The van der Waals surface area contributed by atoms with Gasteiger partial charge in [0.2, 0.25) is 11.9 Å². The number of ether oxygens (including phenoxy) is 4. The third-order valence-electron chi connectivity index (χ3n) is 13.1. The predicted molar refractivity (Wildman–Crippen MR) is 306 cm³/mol. The molecule has 0 aliphatic heterocycles. The average Bonchev–Trinajstić information content (AvgIpc) is 3.52. The Morgan fingerprint density at radius 2 is 0.988 bits per heavy atom. The van der Waals surface area contributed by atoms with Crippen molar-refractivity contribution in [1.29, 1.82) is 0 Å². The Labute approximate surface area is 483 Å². The Balaban J connectivity index is 1.09. The van der Waals surface area contributed by atoms with Crippen molar-refractivity contribution in [3.63, 3.8) is 0 Å². The summed E-state index contributed by atoms with van der Waals surface area (Å²) in [5.74, 6) is -6.82. The zero-order chi connectivity index (χ0) is 58.9. The third kappa shape index (κ3) is 24.8. The molecule has 17 nitrogen and oxygen atoms in total. The molecule has 1 aromatic heterocycles. The van der Waals surface area contributed by atoms with Crippen LogP contribution in [0.2, 0.25) is 0 Å². The van der Waals surface area contributed by atoms with Crippen LogP contribution in [0.4, 0.5) is 4.39 Å². The van der Waals surface area contributed by atoms with Crippen LogP contribution in [0.5, 0.6) is 0 Å². The molecule has 5 aromatic carbocycles. The number of carbonyl (C=O) groups is 7. The minimum Gasteiger partial charge on any atom is -0.461 e. The number of rotatable bonds is 37. The van der Waals surface area contributed by atoms with Crippen LogP contribution in [0, 0.1) is 17.8 Å². The van der Waals surface area contributed by atoms with E-state index in [4.69, 9.17) is 28.0 Å². The van der Waals surface area contributed by atoms with Gasteiger partial charge in [-0.2, -0.15) is 4.39 Å². The van der Waals surface area contributed by atoms with E-state index < -0.39 is 73.3 Å². The number of ketones is 1. The number of aromatic nitrogens is 1. The number of esters is 4. The van der Waals surface area contributed by atoms with Crippen molar-refractivity contribution in [2.75, 3.05) is 19.3 Å². The first-order chi connectivity index (χ1) is 40.3. The van der Waals surface area contributed by atoms with E-state index in [0.717, 1.165) is 23.4 Å². The minimum absolute atomic E-state index is 0.0200. The van der Waals surface area contributed by atoms with Gasteiger partial charge in [-0.05, 0) is 78.5 Å². The van der Waals surface area contributed by atoms with E-state index >= 15 is 0 Å². The molecule has 19 heteroatoms. The van der Waals surface area contributed by atoms with E-state index in [1.807, 2.05) is 54.6 Å². The van der Waals surface area contributed by atoms with Gasteiger partial charge in [-0.1, -0.05) is 158 Å². The summed E-state index contributed by atoms with van der Waals surface area (Å²) in [6, 6.07) is 46.1. The molecule has 1 heterocycles. The molecule has 0 saturated carbocycles. The highest BCUT2D eigenvalue weighted by molar-refractivity contribution is 7.53. The molecule has 6 aromatic rings. The maximum absolute atomic E-state index is 14.9. The van der Waals surface area contributed by atoms with Crippen LogP contribution >= 0.6 is 7.60 Å². The first-order valence-corrected chi connectivity index (χ1v) is 29.5. The number of nitrogens with one attached hydrogen (secondary N) is 2.